The number of benzene rings is 1. The third-order valence-corrected chi connectivity index (χ3v) is 4.30. The smallest absolute Gasteiger partial charge is 0.225 e. The van der Waals surface area contributed by atoms with E-state index in [1.807, 2.05) is 62.4 Å². The Balaban J connectivity index is 1.97. The Hall–Kier alpha value is -2.70. The summed E-state index contributed by atoms with van der Waals surface area (Å²) in [5.41, 5.74) is 2.24. The summed E-state index contributed by atoms with van der Waals surface area (Å²) in [7, 11) is 0. The Morgan fingerprint density at radius 3 is 2.56 bits per heavy atom. The molecule has 140 valence electrons. The molecule has 27 heavy (non-hydrogen) atoms. The average Bonchev–Trinajstić information content (AvgIpc) is 2.66. The number of aromatic nitrogens is 3. The molecule has 7 heteroatoms. The van der Waals surface area contributed by atoms with Crippen molar-refractivity contribution in [3.63, 3.8) is 0 Å². The number of anilines is 3. The van der Waals surface area contributed by atoms with Crippen LogP contribution in [0.15, 0.2) is 54.7 Å². The number of nitrogens with zero attached hydrogens (tertiary/aromatic N) is 3. The molecule has 1 aromatic carbocycles. The fourth-order valence-corrected chi connectivity index (χ4v) is 2.71. The highest BCUT2D eigenvalue weighted by atomic mass is 35.5. The van der Waals surface area contributed by atoms with Gasteiger partial charge < -0.3 is 15.7 Å². The van der Waals surface area contributed by atoms with E-state index in [2.05, 4.69) is 25.6 Å². The van der Waals surface area contributed by atoms with E-state index in [1.54, 1.807) is 6.20 Å². The molecule has 0 aliphatic rings. The Morgan fingerprint density at radius 2 is 1.89 bits per heavy atom. The van der Waals surface area contributed by atoms with Crippen LogP contribution in [0.1, 0.15) is 13.8 Å². The van der Waals surface area contributed by atoms with Gasteiger partial charge in [0.2, 0.25) is 5.95 Å². The fraction of sp³-hybridized carbons (Fsp3) is 0.250. The van der Waals surface area contributed by atoms with Crippen LogP contribution >= 0.6 is 11.6 Å². The summed E-state index contributed by atoms with van der Waals surface area (Å²) in [6.45, 7) is 4.05. The molecule has 0 aliphatic carbocycles. The SMILES string of the molecule is CC(C)[C@@H](CO)Nc1nc(Nc2cccc(Cl)c2)cc(-c2ccccn2)n1. The fourth-order valence-electron chi connectivity index (χ4n) is 2.52. The normalized spacial score (nSPS) is 12.0. The first-order valence-corrected chi connectivity index (χ1v) is 9.13. The number of halogens is 1. The van der Waals surface area contributed by atoms with Gasteiger partial charge in [0.25, 0.3) is 0 Å². The van der Waals surface area contributed by atoms with Crippen LogP contribution in [-0.2, 0) is 0 Å². The van der Waals surface area contributed by atoms with Gasteiger partial charge >= 0.3 is 0 Å². The molecule has 0 spiro atoms. The van der Waals surface area contributed by atoms with Crippen molar-refractivity contribution in [3.05, 3.63) is 59.8 Å². The van der Waals surface area contributed by atoms with E-state index >= 15 is 0 Å². The van der Waals surface area contributed by atoms with E-state index in [9.17, 15) is 5.11 Å². The number of hydrogen-bond donors (Lipinski definition) is 3. The van der Waals surface area contributed by atoms with Gasteiger partial charge in [0.15, 0.2) is 0 Å². The summed E-state index contributed by atoms with van der Waals surface area (Å²) in [6, 6.07) is 14.7. The quantitative estimate of drug-likeness (QED) is 0.562. The van der Waals surface area contributed by atoms with Gasteiger partial charge in [0.05, 0.1) is 24.0 Å². The number of pyridine rings is 1. The summed E-state index contributed by atoms with van der Waals surface area (Å²) in [6.07, 6.45) is 1.72. The molecule has 0 radical (unpaired) electrons. The number of nitrogens with one attached hydrogen (secondary N) is 2. The van der Waals surface area contributed by atoms with Crippen molar-refractivity contribution in [2.45, 2.75) is 19.9 Å². The number of rotatable bonds is 7. The maximum Gasteiger partial charge on any atom is 0.225 e. The Morgan fingerprint density at radius 1 is 1.04 bits per heavy atom. The molecule has 3 aromatic rings. The van der Waals surface area contributed by atoms with Crippen LogP contribution in [0.2, 0.25) is 5.02 Å². The molecular formula is C20H22ClN5O. The van der Waals surface area contributed by atoms with Gasteiger partial charge in [-0.15, -0.1) is 0 Å². The largest absolute Gasteiger partial charge is 0.394 e. The standard InChI is InChI=1S/C20H22ClN5O/c1-13(2)18(12-27)25-20-24-17(16-8-3-4-9-22-16)11-19(26-20)23-15-7-5-6-14(21)10-15/h3-11,13,18,27H,12H2,1-2H3,(H2,23,24,25,26)/t18-/m1/s1. The highest BCUT2D eigenvalue weighted by Crippen LogP contribution is 2.24. The van der Waals surface area contributed by atoms with E-state index in [0.29, 0.717) is 22.5 Å². The lowest BCUT2D eigenvalue weighted by Crippen LogP contribution is -2.30. The average molecular weight is 384 g/mol. The Labute approximate surface area is 163 Å². The molecule has 0 saturated carbocycles. The third kappa shape index (κ3) is 5.15. The molecule has 0 amide bonds. The third-order valence-electron chi connectivity index (χ3n) is 4.07. The van der Waals surface area contributed by atoms with Crippen LogP contribution in [0.3, 0.4) is 0 Å². The van der Waals surface area contributed by atoms with Gasteiger partial charge in [-0.3, -0.25) is 4.98 Å². The molecule has 3 rings (SSSR count). The van der Waals surface area contributed by atoms with Crippen molar-refractivity contribution < 1.29 is 5.11 Å². The van der Waals surface area contributed by atoms with Crippen molar-refractivity contribution in [1.29, 1.82) is 0 Å². The second-order valence-electron chi connectivity index (χ2n) is 6.49. The number of hydrogen-bond acceptors (Lipinski definition) is 6. The van der Waals surface area contributed by atoms with E-state index in [4.69, 9.17) is 11.6 Å². The van der Waals surface area contributed by atoms with E-state index in [1.165, 1.54) is 0 Å². The van der Waals surface area contributed by atoms with Crippen LogP contribution < -0.4 is 10.6 Å². The van der Waals surface area contributed by atoms with Crippen molar-refractivity contribution in [2.75, 3.05) is 17.2 Å². The van der Waals surface area contributed by atoms with E-state index in [0.717, 1.165) is 11.4 Å². The van der Waals surface area contributed by atoms with E-state index < -0.39 is 0 Å². The van der Waals surface area contributed by atoms with Crippen LogP contribution in [0, 0.1) is 5.92 Å². The Kier molecular flexibility index (Phi) is 6.21. The maximum atomic E-state index is 9.62. The first-order valence-electron chi connectivity index (χ1n) is 8.75. The van der Waals surface area contributed by atoms with Crippen molar-refractivity contribution in [2.24, 2.45) is 5.92 Å². The van der Waals surface area contributed by atoms with Crippen molar-refractivity contribution >= 4 is 29.1 Å². The molecule has 0 bridgehead atoms. The highest BCUT2D eigenvalue weighted by molar-refractivity contribution is 6.30. The van der Waals surface area contributed by atoms with E-state index in [-0.39, 0.29) is 18.6 Å². The van der Waals surface area contributed by atoms with Gasteiger partial charge in [-0.2, -0.15) is 4.98 Å². The lowest BCUT2D eigenvalue weighted by atomic mass is 10.1. The minimum atomic E-state index is -0.150. The molecule has 2 heterocycles. The zero-order valence-electron chi connectivity index (χ0n) is 15.2. The summed E-state index contributed by atoms with van der Waals surface area (Å²) >= 11 is 6.07. The lowest BCUT2D eigenvalue weighted by Gasteiger charge is -2.20. The van der Waals surface area contributed by atoms with Gasteiger partial charge in [-0.05, 0) is 36.2 Å². The topological polar surface area (TPSA) is 83.0 Å². The summed E-state index contributed by atoms with van der Waals surface area (Å²) in [5, 5.41) is 16.7. The minimum absolute atomic E-state index is 0.00804. The van der Waals surface area contributed by atoms with Crippen LogP contribution in [0.5, 0.6) is 0 Å². The first kappa shape index (κ1) is 19.1. The molecule has 0 fully saturated rings. The van der Waals surface area contributed by atoms with Gasteiger partial charge in [-0.1, -0.05) is 37.6 Å². The molecule has 1 atom stereocenters. The van der Waals surface area contributed by atoms with Gasteiger partial charge in [-0.25, -0.2) is 4.98 Å². The zero-order valence-corrected chi connectivity index (χ0v) is 16.0. The molecule has 0 aliphatic heterocycles. The summed E-state index contributed by atoms with van der Waals surface area (Å²) in [4.78, 5) is 13.5. The predicted octanol–water partition coefficient (Wildman–Crippen LogP) is 4.36. The Bertz CT molecular complexity index is 889. The second kappa shape index (κ2) is 8.79. The minimum Gasteiger partial charge on any atom is -0.394 e. The van der Waals surface area contributed by atoms with Crippen LogP contribution in [-0.4, -0.2) is 32.7 Å². The van der Waals surface area contributed by atoms with Gasteiger partial charge in [0.1, 0.15) is 5.82 Å². The first-order chi connectivity index (χ1) is 13.0. The van der Waals surface area contributed by atoms with Gasteiger partial charge in [0, 0.05) is 23.0 Å². The van der Waals surface area contributed by atoms with Crippen LogP contribution in [0.4, 0.5) is 17.5 Å². The molecule has 2 aromatic heterocycles. The summed E-state index contributed by atoms with van der Waals surface area (Å²) < 4.78 is 0. The summed E-state index contributed by atoms with van der Waals surface area (Å²) in [5.74, 6) is 1.26. The van der Waals surface area contributed by atoms with Crippen molar-refractivity contribution in [1.82, 2.24) is 15.0 Å². The molecular weight excluding hydrogens is 362 g/mol. The second-order valence-corrected chi connectivity index (χ2v) is 6.93. The molecule has 0 saturated heterocycles. The highest BCUT2D eigenvalue weighted by Gasteiger charge is 2.15. The molecule has 3 N–H and O–H groups in total. The van der Waals surface area contributed by atoms with Crippen molar-refractivity contribution in [3.8, 4) is 11.4 Å². The molecule has 6 nitrogen and oxygen atoms in total. The zero-order chi connectivity index (χ0) is 19.2. The van der Waals surface area contributed by atoms with Crippen LogP contribution in [0.25, 0.3) is 11.4 Å². The monoisotopic (exact) mass is 383 g/mol. The maximum absolute atomic E-state index is 9.62. The molecule has 0 unspecified atom stereocenters. The number of aliphatic hydroxyl groups is 1. The predicted molar refractivity (Wildman–Crippen MR) is 109 cm³/mol. The lowest BCUT2D eigenvalue weighted by molar-refractivity contribution is 0.248. The number of aliphatic hydroxyl groups excluding tert-OH is 1.